The summed E-state index contributed by atoms with van der Waals surface area (Å²) in [6.07, 6.45) is 0.447. The highest BCUT2D eigenvalue weighted by Crippen LogP contribution is 2.13. The molecule has 0 aliphatic rings. The number of benzene rings is 2. The molecule has 0 aliphatic carbocycles. The van der Waals surface area contributed by atoms with Crippen molar-refractivity contribution >= 4 is 17.3 Å². The van der Waals surface area contributed by atoms with Gasteiger partial charge in [-0.15, -0.1) is 0 Å². The Kier molecular flexibility index (Phi) is 4.77. The summed E-state index contributed by atoms with van der Waals surface area (Å²) in [6.45, 7) is 4.70. The van der Waals surface area contributed by atoms with Gasteiger partial charge < -0.3 is 10.6 Å². The molecule has 0 radical (unpaired) electrons. The molecular formula is C17H20N2O. The van der Waals surface area contributed by atoms with Gasteiger partial charge in [0.1, 0.15) is 0 Å². The predicted molar refractivity (Wildman–Crippen MR) is 84.1 cm³/mol. The number of hydrogen-bond acceptors (Lipinski definition) is 2. The van der Waals surface area contributed by atoms with Crippen LogP contribution in [0.1, 0.15) is 17.5 Å². The van der Waals surface area contributed by atoms with E-state index < -0.39 is 0 Å². The topological polar surface area (TPSA) is 41.1 Å². The minimum atomic E-state index is 0.0231. The fourth-order valence-electron chi connectivity index (χ4n) is 1.94. The molecule has 0 aliphatic heterocycles. The minimum Gasteiger partial charge on any atom is -0.384 e. The predicted octanol–water partition coefficient (Wildman–Crippen LogP) is 3.74. The third-order valence-electron chi connectivity index (χ3n) is 3.15. The van der Waals surface area contributed by atoms with E-state index in [1.807, 2.05) is 49.4 Å². The summed E-state index contributed by atoms with van der Waals surface area (Å²) in [6, 6.07) is 15.9. The summed E-state index contributed by atoms with van der Waals surface area (Å²) in [5.41, 5.74) is 4.29. The SMILES string of the molecule is Cc1ccc(NC(=O)CCNc2ccccc2C)cc1. The minimum absolute atomic E-state index is 0.0231. The summed E-state index contributed by atoms with van der Waals surface area (Å²) in [4.78, 5) is 11.8. The van der Waals surface area contributed by atoms with Crippen LogP contribution in [-0.2, 0) is 4.79 Å². The Labute approximate surface area is 120 Å². The van der Waals surface area contributed by atoms with Crippen molar-refractivity contribution in [2.75, 3.05) is 17.2 Å². The molecule has 0 atom stereocenters. The Morgan fingerprint density at radius 1 is 1.00 bits per heavy atom. The van der Waals surface area contributed by atoms with E-state index in [2.05, 4.69) is 23.6 Å². The molecular weight excluding hydrogens is 248 g/mol. The normalized spacial score (nSPS) is 10.1. The van der Waals surface area contributed by atoms with Gasteiger partial charge in [0.2, 0.25) is 5.91 Å². The molecule has 1 amide bonds. The maximum atomic E-state index is 11.8. The molecule has 0 heterocycles. The second-order valence-corrected chi connectivity index (χ2v) is 4.91. The van der Waals surface area contributed by atoms with Crippen molar-refractivity contribution in [1.82, 2.24) is 0 Å². The van der Waals surface area contributed by atoms with Crippen molar-refractivity contribution in [1.29, 1.82) is 0 Å². The van der Waals surface area contributed by atoms with Crippen LogP contribution in [0.15, 0.2) is 48.5 Å². The first-order valence-electron chi connectivity index (χ1n) is 6.81. The van der Waals surface area contributed by atoms with E-state index in [9.17, 15) is 4.79 Å². The molecule has 3 heteroatoms. The van der Waals surface area contributed by atoms with E-state index >= 15 is 0 Å². The van der Waals surface area contributed by atoms with Gasteiger partial charge in [-0.2, -0.15) is 0 Å². The van der Waals surface area contributed by atoms with Gasteiger partial charge in [-0.25, -0.2) is 0 Å². The number of rotatable bonds is 5. The lowest BCUT2D eigenvalue weighted by Crippen LogP contribution is -2.16. The molecule has 3 nitrogen and oxygen atoms in total. The molecule has 20 heavy (non-hydrogen) atoms. The van der Waals surface area contributed by atoms with Crippen molar-refractivity contribution in [3.8, 4) is 0 Å². The molecule has 0 unspecified atom stereocenters. The highest BCUT2D eigenvalue weighted by molar-refractivity contribution is 5.91. The van der Waals surface area contributed by atoms with E-state index in [1.165, 1.54) is 11.1 Å². The Hall–Kier alpha value is -2.29. The van der Waals surface area contributed by atoms with Crippen LogP contribution in [0.4, 0.5) is 11.4 Å². The highest BCUT2D eigenvalue weighted by Gasteiger charge is 2.02. The Morgan fingerprint density at radius 3 is 2.40 bits per heavy atom. The monoisotopic (exact) mass is 268 g/mol. The lowest BCUT2D eigenvalue weighted by Gasteiger charge is -2.09. The van der Waals surface area contributed by atoms with Crippen molar-refractivity contribution in [2.45, 2.75) is 20.3 Å². The number of carbonyl (C=O) groups is 1. The fraction of sp³-hybridized carbons (Fsp3) is 0.235. The first-order valence-corrected chi connectivity index (χ1v) is 6.81. The van der Waals surface area contributed by atoms with E-state index in [0.29, 0.717) is 13.0 Å². The van der Waals surface area contributed by atoms with Crippen LogP contribution < -0.4 is 10.6 Å². The molecule has 2 aromatic rings. The van der Waals surface area contributed by atoms with Gasteiger partial charge in [0.05, 0.1) is 0 Å². The molecule has 0 aromatic heterocycles. The summed E-state index contributed by atoms with van der Waals surface area (Å²) >= 11 is 0. The number of nitrogens with one attached hydrogen (secondary N) is 2. The lowest BCUT2D eigenvalue weighted by molar-refractivity contribution is -0.115. The second kappa shape index (κ2) is 6.75. The lowest BCUT2D eigenvalue weighted by atomic mass is 10.2. The first kappa shape index (κ1) is 14.1. The van der Waals surface area contributed by atoms with Crippen molar-refractivity contribution in [2.24, 2.45) is 0 Å². The molecule has 104 valence electrons. The first-order chi connectivity index (χ1) is 9.65. The van der Waals surface area contributed by atoms with Gasteiger partial charge in [-0.05, 0) is 37.6 Å². The Bertz CT molecular complexity index is 576. The third-order valence-corrected chi connectivity index (χ3v) is 3.15. The molecule has 0 spiro atoms. The maximum absolute atomic E-state index is 11.8. The Morgan fingerprint density at radius 2 is 1.70 bits per heavy atom. The van der Waals surface area contributed by atoms with Gasteiger partial charge >= 0.3 is 0 Å². The van der Waals surface area contributed by atoms with Crippen LogP contribution in [0.3, 0.4) is 0 Å². The number of hydrogen-bond donors (Lipinski definition) is 2. The molecule has 0 saturated carbocycles. The summed E-state index contributed by atoms with van der Waals surface area (Å²) in [7, 11) is 0. The third kappa shape index (κ3) is 4.12. The molecule has 0 saturated heterocycles. The van der Waals surface area contributed by atoms with Gasteiger partial charge in [-0.3, -0.25) is 4.79 Å². The zero-order valence-corrected chi connectivity index (χ0v) is 11.9. The molecule has 2 N–H and O–H groups in total. The average molecular weight is 268 g/mol. The molecule has 0 bridgehead atoms. The van der Waals surface area contributed by atoms with Gasteiger partial charge in [0.15, 0.2) is 0 Å². The zero-order valence-electron chi connectivity index (χ0n) is 11.9. The van der Waals surface area contributed by atoms with E-state index in [4.69, 9.17) is 0 Å². The highest BCUT2D eigenvalue weighted by atomic mass is 16.1. The van der Waals surface area contributed by atoms with Gasteiger partial charge in [0.25, 0.3) is 0 Å². The van der Waals surface area contributed by atoms with Crippen molar-refractivity contribution < 1.29 is 4.79 Å². The molecule has 2 rings (SSSR count). The summed E-state index contributed by atoms with van der Waals surface area (Å²) < 4.78 is 0. The van der Waals surface area contributed by atoms with Crippen molar-refractivity contribution in [3.05, 3.63) is 59.7 Å². The fourth-order valence-corrected chi connectivity index (χ4v) is 1.94. The second-order valence-electron chi connectivity index (χ2n) is 4.91. The van der Waals surface area contributed by atoms with Gasteiger partial charge in [-0.1, -0.05) is 35.9 Å². The number of amides is 1. The number of anilines is 2. The zero-order chi connectivity index (χ0) is 14.4. The van der Waals surface area contributed by atoms with E-state index in [1.54, 1.807) is 0 Å². The summed E-state index contributed by atoms with van der Waals surface area (Å²) in [5, 5.41) is 6.17. The van der Waals surface area contributed by atoms with Crippen LogP contribution in [0.2, 0.25) is 0 Å². The number of para-hydroxylation sites is 1. The van der Waals surface area contributed by atoms with E-state index in [-0.39, 0.29) is 5.91 Å². The van der Waals surface area contributed by atoms with Crippen LogP contribution >= 0.6 is 0 Å². The number of carbonyl (C=O) groups excluding carboxylic acids is 1. The standard InChI is InChI=1S/C17H20N2O/c1-13-7-9-15(10-8-13)19-17(20)11-12-18-16-6-4-3-5-14(16)2/h3-10,18H,11-12H2,1-2H3,(H,19,20). The van der Waals surface area contributed by atoms with Crippen LogP contribution in [-0.4, -0.2) is 12.5 Å². The van der Waals surface area contributed by atoms with E-state index in [0.717, 1.165) is 11.4 Å². The quantitative estimate of drug-likeness (QED) is 0.867. The van der Waals surface area contributed by atoms with Gasteiger partial charge in [0, 0.05) is 24.3 Å². The van der Waals surface area contributed by atoms with Crippen LogP contribution in [0.5, 0.6) is 0 Å². The maximum Gasteiger partial charge on any atom is 0.226 e. The smallest absolute Gasteiger partial charge is 0.226 e. The Balaban J connectivity index is 1.78. The average Bonchev–Trinajstić information content (AvgIpc) is 2.43. The molecule has 2 aromatic carbocycles. The van der Waals surface area contributed by atoms with Crippen molar-refractivity contribution in [3.63, 3.8) is 0 Å². The largest absolute Gasteiger partial charge is 0.384 e. The number of aryl methyl sites for hydroxylation is 2. The molecule has 0 fully saturated rings. The van der Waals surface area contributed by atoms with Crippen LogP contribution in [0, 0.1) is 13.8 Å². The summed E-state index contributed by atoms with van der Waals surface area (Å²) in [5.74, 6) is 0.0231. The van der Waals surface area contributed by atoms with Crippen LogP contribution in [0.25, 0.3) is 0 Å².